The van der Waals surface area contributed by atoms with E-state index >= 15 is 0 Å². The summed E-state index contributed by atoms with van der Waals surface area (Å²) in [5.74, 6) is 0.884. The molecule has 1 aliphatic heterocycles. The van der Waals surface area contributed by atoms with Gasteiger partial charge < -0.3 is 9.63 Å². The van der Waals surface area contributed by atoms with Crippen LogP contribution in [0.25, 0.3) is 0 Å². The predicted octanol–water partition coefficient (Wildman–Crippen LogP) is 2.67. The van der Waals surface area contributed by atoms with Crippen LogP contribution in [0.15, 0.2) is 47.0 Å². The molecule has 3 aromatic rings. The van der Waals surface area contributed by atoms with E-state index in [-0.39, 0.29) is 0 Å². The molecule has 25 heavy (non-hydrogen) atoms. The fraction of sp³-hybridized carbons (Fsp3) is 0.368. The minimum Gasteiger partial charge on any atom is -0.382 e. The van der Waals surface area contributed by atoms with E-state index in [1.807, 2.05) is 54.1 Å². The summed E-state index contributed by atoms with van der Waals surface area (Å²) in [5.41, 5.74) is 3.60. The highest BCUT2D eigenvalue weighted by Crippen LogP contribution is 2.24. The largest absolute Gasteiger partial charge is 0.382 e. The van der Waals surface area contributed by atoms with Gasteiger partial charge in [-0.15, -0.1) is 0 Å². The average molecular weight is 338 g/mol. The van der Waals surface area contributed by atoms with E-state index in [0.29, 0.717) is 5.69 Å². The lowest BCUT2D eigenvalue weighted by atomic mass is 10.1. The Morgan fingerprint density at radius 3 is 2.80 bits per heavy atom. The van der Waals surface area contributed by atoms with Gasteiger partial charge in [0.25, 0.3) is 0 Å². The number of nitrogens with zero attached hydrogens (tertiary/aromatic N) is 4. The maximum absolute atomic E-state index is 10.6. The lowest BCUT2D eigenvalue weighted by Gasteiger charge is -2.17. The number of benzene rings is 1. The van der Waals surface area contributed by atoms with Crippen molar-refractivity contribution in [3.8, 4) is 0 Å². The van der Waals surface area contributed by atoms with Gasteiger partial charge in [0, 0.05) is 25.7 Å². The molecule has 2 aromatic heterocycles. The molecule has 0 saturated carbocycles. The zero-order valence-corrected chi connectivity index (χ0v) is 14.3. The second-order valence-electron chi connectivity index (χ2n) is 6.60. The summed E-state index contributed by atoms with van der Waals surface area (Å²) < 4.78 is 7.36. The molecule has 1 aromatic carbocycles. The number of hydrogen-bond acceptors (Lipinski definition) is 5. The number of aliphatic hydroxyl groups is 1. The number of aliphatic hydroxyl groups excluding tert-OH is 1. The normalized spacial score (nSPS) is 16.4. The Morgan fingerprint density at radius 1 is 1.20 bits per heavy atom. The molecule has 0 unspecified atom stereocenters. The van der Waals surface area contributed by atoms with E-state index in [1.165, 1.54) is 0 Å². The molecule has 0 spiro atoms. The number of fused-ring (bicyclic) bond motifs is 1. The van der Waals surface area contributed by atoms with Gasteiger partial charge in [0.15, 0.2) is 5.76 Å². The summed E-state index contributed by atoms with van der Waals surface area (Å²) in [6.07, 6.45) is 0.328. The molecule has 0 radical (unpaired) electrons. The highest BCUT2D eigenvalue weighted by molar-refractivity contribution is 5.26. The van der Waals surface area contributed by atoms with E-state index in [0.717, 1.165) is 55.3 Å². The molecule has 130 valence electrons. The highest BCUT2D eigenvalue weighted by Gasteiger charge is 2.21. The van der Waals surface area contributed by atoms with Crippen molar-refractivity contribution >= 4 is 0 Å². The topological polar surface area (TPSA) is 67.3 Å². The second-order valence-corrected chi connectivity index (χ2v) is 6.60. The minimum absolute atomic E-state index is 0.689. The number of aromatic nitrogens is 3. The Labute approximate surface area is 146 Å². The van der Waals surface area contributed by atoms with Gasteiger partial charge in [0.05, 0.1) is 23.6 Å². The molecule has 1 atom stereocenters. The fourth-order valence-corrected chi connectivity index (χ4v) is 3.34. The van der Waals surface area contributed by atoms with Gasteiger partial charge in [0.2, 0.25) is 0 Å². The maximum atomic E-state index is 10.6. The molecular weight excluding hydrogens is 316 g/mol. The van der Waals surface area contributed by atoms with E-state index in [2.05, 4.69) is 15.2 Å². The highest BCUT2D eigenvalue weighted by atomic mass is 16.5. The van der Waals surface area contributed by atoms with Crippen LogP contribution in [0.2, 0.25) is 0 Å². The standard InChI is InChI=1S/C19H22N4O2/c1-14-10-17(25-21-14)13-22-8-5-9-23-16(12-22)11-18(20-23)19(24)15-6-3-2-4-7-15/h2-4,6-7,10-11,19,24H,5,8-9,12-13H2,1H3/t19-/m1/s1. The van der Waals surface area contributed by atoms with Gasteiger partial charge in [-0.2, -0.15) is 5.10 Å². The van der Waals surface area contributed by atoms with Crippen LogP contribution in [0.1, 0.15) is 40.9 Å². The first-order chi connectivity index (χ1) is 12.2. The molecule has 1 aliphatic rings. The van der Waals surface area contributed by atoms with Crippen LogP contribution in [-0.2, 0) is 19.6 Å². The average Bonchev–Trinajstić information content (AvgIpc) is 3.16. The molecule has 1 N–H and O–H groups in total. The van der Waals surface area contributed by atoms with Gasteiger partial charge >= 0.3 is 0 Å². The molecule has 0 fully saturated rings. The lowest BCUT2D eigenvalue weighted by molar-refractivity contribution is 0.213. The first kappa shape index (κ1) is 16.1. The van der Waals surface area contributed by atoms with E-state index in [1.54, 1.807) is 0 Å². The third kappa shape index (κ3) is 3.50. The molecule has 0 saturated heterocycles. The van der Waals surface area contributed by atoms with Gasteiger partial charge in [-0.3, -0.25) is 9.58 Å². The van der Waals surface area contributed by atoms with Crippen LogP contribution in [0, 0.1) is 6.92 Å². The van der Waals surface area contributed by atoms with E-state index < -0.39 is 6.10 Å². The Balaban J connectivity index is 1.52. The smallest absolute Gasteiger partial charge is 0.150 e. The summed E-state index contributed by atoms with van der Waals surface area (Å²) in [6, 6.07) is 13.7. The van der Waals surface area contributed by atoms with Crippen LogP contribution in [0.3, 0.4) is 0 Å². The van der Waals surface area contributed by atoms with Gasteiger partial charge in [-0.05, 0) is 25.0 Å². The number of rotatable bonds is 4. The third-order valence-corrected chi connectivity index (χ3v) is 4.56. The van der Waals surface area contributed by atoms with Crippen molar-refractivity contribution in [2.45, 2.75) is 39.1 Å². The zero-order valence-electron chi connectivity index (χ0n) is 14.3. The van der Waals surface area contributed by atoms with Crippen LogP contribution in [0.5, 0.6) is 0 Å². The van der Waals surface area contributed by atoms with Crippen molar-refractivity contribution in [1.29, 1.82) is 0 Å². The molecular formula is C19H22N4O2. The van der Waals surface area contributed by atoms with Crippen molar-refractivity contribution < 1.29 is 9.63 Å². The van der Waals surface area contributed by atoms with Crippen LogP contribution < -0.4 is 0 Å². The van der Waals surface area contributed by atoms with Crippen molar-refractivity contribution in [2.24, 2.45) is 0 Å². The van der Waals surface area contributed by atoms with Gasteiger partial charge in [-0.1, -0.05) is 35.5 Å². The Hall–Kier alpha value is -2.44. The van der Waals surface area contributed by atoms with E-state index in [4.69, 9.17) is 4.52 Å². The van der Waals surface area contributed by atoms with Gasteiger partial charge in [-0.25, -0.2) is 0 Å². The summed E-state index contributed by atoms with van der Waals surface area (Å²) in [5, 5.41) is 19.2. The first-order valence-electron chi connectivity index (χ1n) is 8.63. The van der Waals surface area contributed by atoms with Crippen LogP contribution in [-0.4, -0.2) is 31.5 Å². The van der Waals surface area contributed by atoms with Crippen LogP contribution >= 0.6 is 0 Å². The zero-order chi connectivity index (χ0) is 17.2. The molecule has 6 heteroatoms. The molecule has 0 bridgehead atoms. The fourth-order valence-electron chi connectivity index (χ4n) is 3.34. The molecule has 4 rings (SSSR count). The maximum Gasteiger partial charge on any atom is 0.150 e. The Kier molecular flexibility index (Phi) is 4.38. The van der Waals surface area contributed by atoms with E-state index in [9.17, 15) is 5.11 Å². The van der Waals surface area contributed by atoms with Gasteiger partial charge in [0.1, 0.15) is 6.10 Å². The summed E-state index contributed by atoms with van der Waals surface area (Å²) in [4.78, 5) is 2.33. The number of hydrogen-bond donors (Lipinski definition) is 1. The quantitative estimate of drug-likeness (QED) is 0.792. The van der Waals surface area contributed by atoms with Crippen molar-refractivity contribution in [2.75, 3.05) is 6.54 Å². The first-order valence-corrected chi connectivity index (χ1v) is 8.63. The Morgan fingerprint density at radius 2 is 2.04 bits per heavy atom. The lowest BCUT2D eigenvalue weighted by Crippen LogP contribution is -2.22. The predicted molar refractivity (Wildman–Crippen MR) is 92.7 cm³/mol. The summed E-state index contributed by atoms with van der Waals surface area (Å²) in [6.45, 7) is 5.31. The monoisotopic (exact) mass is 338 g/mol. The Bertz CT molecular complexity index is 840. The molecule has 6 nitrogen and oxygen atoms in total. The molecule has 0 amide bonds. The number of aryl methyl sites for hydroxylation is 2. The minimum atomic E-state index is -0.689. The second kappa shape index (κ2) is 6.82. The van der Waals surface area contributed by atoms with Crippen molar-refractivity contribution in [3.63, 3.8) is 0 Å². The molecule has 0 aliphatic carbocycles. The van der Waals surface area contributed by atoms with Crippen LogP contribution in [0.4, 0.5) is 0 Å². The van der Waals surface area contributed by atoms with Crippen molar-refractivity contribution in [3.05, 3.63) is 70.9 Å². The summed E-state index contributed by atoms with van der Waals surface area (Å²) in [7, 11) is 0. The summed E-state index contributed by atoms with van der Waals surface area (Å²) >= 11 is 0. The molecule has 3 heterocycles. The van der Waals surface area contributed by atoms with Crippen molar-refractivity contribution in [1.82, 2.24) is 19.8 Å². The third-order valence-electron chi connectivity index (χ3n) is 4.56. The SMILES string of the molecule is Cc1cc(CN2CCCn3nc([C@H](O)c4ccccc4)cc3C2)on1.